The molecule has 0 aliphatic heterocycles. The Morgan fingerprint density at radius 3 is 2.58 bits per heavy atom. The molecule has 1 aromatic rings. The number of hydrogen-bond acceptors (Lipinski definition) is 5. The van der Waals surface area contributed by atoms with Crippen LogP contribution in [0.2, 0.25) is 0 Å². The molecule has 4 N–H and O–H groups in total. The summed E-state index contributed by atoms with van der Waals surface area (Å²) in [4.78, 5) is 0.0998. The van der Waals surface area contributed by atoms with Crippen LogP contribution in [-0.4, -0.2) is 30.7 Å². The molecular formula is C11H19N3O3S2. The molecule has 1 rings (SSSR count). The number of rotatable bonds is 7. The third kappa shape index (κ3) is 4.57. The molecule has 0 amide bonds. The van der Waals surface area contributed by atoms with Gasteiger partial charge in [-0.2, -0.15) is 0 Å². The molecule has 0 bridgehead atoms. The zero-order valence-electron chi connectivity index (χ0n) is 10.9. The SMILES string of the molecule is CC(CCNS(=O)(=O)c1ccccc1NN)S(C)=O. The van der Waals surface area contributed by atoms with E-state index in [-0.39, 0.29) is 16.7 Å². The Balaban J connectivity index is 2.74. The predicted molar refractivity (Wildman–Crippen MR) is 77.6 cm³/mol. The van der Waals surface area contributed by atoms with Crippen LogP contribution >= 0.6 is 0 Å². The molecule has 6 nitrogen and oxygen atoms in total. The van der Waals surface area contributed by atoms with Gasteiger partial charge in [0.05, 0.1) is 5.69 Å². The standard InChI is InChI=1S/C11H19N3O3S2/c1-9(18(2)15)7-8-13-19(16,17)11-6-4-3-5-10(11)14-12/h3-6,9,13-14H,7-8,12H2,1-2H3. The molecule has 19 heavy (non-hydrogen) atoms. The van der Waals surface area contributed by atoms with E-state index in [9.17, 15) is 12.6 Å². The maximum Gasteiger partial charge on any atom is 0.242 e. The average Bonchev–Trinajstić information content (AvgIpc) is 2.38. The molecule has 0 heterocycles. The van der Waals surface area contributed by atoms with Gasteiger partial charge in [0, 0.05) is 28.9 Å². The number of nitrogen functional groups attached to an aromatic ring is 1. The molecular weight excluding hydrogens is 286 g/mol. The van der Waals surface area contributed by atoms with E-state index in [1.807, 2.05) is 6.92 Å². The highest BCUT2D eigenvalue weighted by Crippen LogP contribution is 2.19. The summed E-state index contributed by atoms with van der Waals surface area (Å²) in [7, 11) is -4.57. The quantitative estimate of drug-likeness (QED) is 0.500. The number of hydrogen-bond donors (Lipinski definition) is 3. The zero-order chi connectivity index (χ0) is 14.5. The fourth-order valence-electron chi connectivity index (χ4n) is 1.46. The van der Waals surface area contributed by atoms with Crippen LogP contribution in [0, 0.1) is 0 Å². The molecule has 0 radical (unpaired) electrons. The first-order valence-corrected chi connectivity index (χ1v) is 8.86. The maximum atomic E-state index is 12.1. The Kier molecular flexibility index (Phi) is 5.92. The first kappa shape index (κ1) is 16.1. The van der Waals surface area contributed by atoms with Gasteiger partial charge in [-0.3, -0.25) is 10.1 Å². The minimum Gasteiger partial charge on any atom is -0.323 e. The van der Waals surface area contributed by atoms with Crippen LogP contribution < -0.4 is 16.0 Å². The summed E-state index contributed by atoms with van der Waals surface area (Å²) < 4.78 is 37.8. The Morgan fingerprint density at radius 2 is 2.00 bits per heavy atom. The fourth-order valence-corrected chi connectivity index (χ4v) is 3.13. The third-order valence-corrected chi connectivity index (χ3v) is 5.63. The van der Waals surface area contributed by atoms with Crippen molar-refractivity contribution in [3.8, 4) is 0 Å². The number of benzene rings is 1. The van der Waals surface area contributed by atoms with Crippen molar-refractivity contribution >= 4 is 26.5 Å². The second kappa shape index (κ2) is 6.99. The van der Waals surface area contributed by atoms with Crippen LogP contribution in [0.25, 0.3) is 0 Å². The second-order valence-corrected chi connectivity index (χ2v) is 7.67. The van der Waals surface area contributed by atoms with Crippen molar-refractivity contribution < 1.29 is 12.6 Å². The number of hydrazine groups is 1. The summed E-state index contributed by atoms with van der Waals surface area (Å²) in [5.74, 6) is 5.28. The van der Waals surface area contributed by atoms with Crippen LogP contribution in [0.1, 0.15) is 13.3 Å². The Labute approximate surface area is 116 Å². The molecule has 0 spiro atoms. The molecule has 108 valence electrons. The van der Waals surface area contributed by atoms with Crippen molar-refractivity contribution in [2.45, 2.75) is 23.5 Å². The van der Waals surface area contributed by atoms with Crippen LogP contribution in [0.5, 0.6) is 0 Å². The lowest BCUT2D eigenvalue weighted by molar-refractivity contribution is 0.578. The lowest BCUT2D eigenvalue weighted by Gasteiger charge is -2.12. The number of anilines is 1. The zero-order valence-corrected chi connectivity index (χ0v) is 12.6. The van der Waals surface area contributed by atoms with Gasteiger partial charge < -0.3 is 5.43 Å². The summed E-state index contributed by atoms with van der Waals surface area (Å²) in [5.41, 5.74) is 2.69. The normalized spacial score (nSPS) is 14.9. The minimum absolute atomic E-state index is 0.0504. The van der Waals surface area contributed by atoms with Gasteiger partial charge in [0.2, 0.25) is 10.0 Å². The van der Waals surface area contributed by atoms with Gasteiger partial charge in [0.1, 0.15) is 4.90 Å². The van der Waals surface area contributed by atoms with Crippen LogP contribution in [0.15, 0.2) is 29.2 Å². The van der Waals surface area contributed by atoms with E-state index in [0.29, 0.717) is 12.1 Å². The van der Waals surface area contributed by atoms with E-state index in [0.717, 1.165) is 0 Å². The van der Waals surface area contributed by atoms with Crippen molar-refractivity contribution in [3.63, 3.8) is 0 Å². The molecule has 0 fully saturated rings. The van der Waals surface area contributed by atoms with E-state index in [1.165, 1.54) is 6.07 Å². The molecule has 1 aromatic carbocycles. The van der Waals surface area contributed by atoms with Crippen LogP contribution in [-0.2, 0) is 20.8 Å². The topological polar surface area (TPSA) is 101 Å². The molecule has 0 saturated heterocycles. The van der Waals surface area contributed by atoms with E-state index < -0.39 is 20.8 Å². The summed E-state index contributed by atoms with van der Waals surface area (Å²) in [6, 6.07) is 6.37. The smallest absolute Gasteiger partial charge is 0.242 e. The summed E-state index contributed by atoms with van der Waals surface area (Å²) >= 11 is 0. The van der Waals surface area contributed by atoms with Gasteiger partial charge >= 0.3 is 0 Å². The van der Waals surface area contributed by atoms with Gasteiger partial charge in [-0.1, -0.05) is 19.1 Å². The predicted octanol–water partition coefficient (Wildman–Crippen LogP) is 0.408. The van der Waals surface area contributed by atoms with Crippen LogP contribution in [0.4, 0.5) is 5.69 Å². The minimum atomic E-state index is -3.62. The van der Waals surface area contributed by atoms with Gasteiger partial charge in [-0.15, -0.1) is 0 Å². The summed E-state index contributed by atoms with van der Waals surface area (Å²) in [6.45, 7) is 2.06. The largest absolute Gasteiger partial charge is 0.323 e. The van der Waals surface area contributed by atoms with E-state index in [2.05, 4.69) is 10.1 Å². The molecule has 0 aliphatic carbocycles. The number of nitrogens with one attached hydrogen (secondary N) is 2. The van der Waals surface area contributed by atoms with E-state index in [4.69, 9.17) is 5.84 Å². The highest BCUT2D eigenvalue weighted by atomic mass is 32.2. The van der Waals surface area contributed by atoms with Crippen molar-refractivity contribution in [1.29, 1.82) is 0 Å². The molecule has 0 aromatic heterocycles. The molecule has 2 atom stereocenters. The van der Waals surface area contributed by atoms with Crippen molar-refractivity contribution in [2.24, 2.45) is 5.84 Å². The molecule has 8 heteroatoms. The highest BCUT2D eigenvalue weighted by Gasteiger charge is 2.18. The second-order valence-electron chi connectivity index (χ2n) is 4.14. The molecule has 0 aliphatic rings. The monoisotopic (exact) mass is 305 g/mol. The first-order chi connectivity index (χ1) is 8.88. The number of nitrogens with two attached hydrogens (primary N) is 1. The maximum absolute atomic E-state index is 12.1. The summed E-state index contributed by atoms with van der Waals surface area (Å²) in [6.07, 6.45) is 2.12. The average molecular weight is 305 g/mol. The van der Waals surface area contributed by atoms with Crippen LogP contribution in [0.3, 0.4) is 0 Å². The van der Waals surface area contributed by atoms with Gasteiger partial charge in [0.15, 0.2) is 0 Å². The van der Waals surface area contributed by atoms with Gasteiger partial charge in [-0.25, -0.2) is 13.1 Å². The molecule has 2 unspecified atom stereocenters. The number of para-hydroxylation sites is 1. The van der Waals surface area contributed by atoms with Gasteiger partial charge in [-0.05, 0) is 18.6 Å². The van der Waals surface area contributed by atoms with Crippen molar-refractivity contribution in [1.82, 2.24) is 4.72 Å². The third-order valence-electron chi connectivity index (χ3n) is 2.74. The Bertz CT molecular complexity index is 546. The first-order valence-electron chi connectivity index (χ1n) is 5.76. The lowest BCUT2D eigenvalue weighted by atomic mass is 10.3. The number of sulfonamides is 1. The van der Waals surface area contributed by atoms with Gasteiger partial charge in [0.25, 0.3) is 0 Å². The lowest BCUT2D eigenvalue weighted by Crippen LogP contribution is -2.28. The van der Waals surface area contributed by atoms with Crippen molar-refractivity contribution in [2.75, 3.05) is 18.2 Å². The van der Waals surface area contributed by atoms with E-state index in [1.54, 1.807) is 24.5 Å². The van der Waals surface area contributed by atoms with Crippen molar-refractivity contribution in [3.05, 3.63) is 24.3 Å². The summed E-state index contributed by atoms with van der Waals surface area (Å²) in [5, 5.41) is -0.0504. The highest BCUT2D eigenvalue weighted by molar-refractivity contribution is 7.89. The molecule has 0 saturated carbocycles. The Morgan fingerprint density at radius 1 is 1.37 bits per heavy atom. The van der Waals surface area contributed by atoms with E-state index >= 15 is 0 Å². The fraction of sp³-hybridized carbons (Fsp3) is 0.455. The Hall–Kier alpha value is -0.960.